The molecule has 1 fully saturated rings. The van der Waals surface area contributed by atoms with Gasteiger partial charge in [0.1, 0.15) is 11.9 Å². The Morgan fingerprint density at radius 1 is 1.47 bits per heavy atom. The topological polar surface area (TPSA) is 49.4 Å². The predicted octanol–water partition coefficient (Wildman–Crippen LogP) is 2.22. The Balaban J connectivity index is 2.38. The Bertz CT molecular complexity index is 521. The van der Waals surface area contributed by atoms with Crippen LogP contribution < -0.4 is 10.2 Å². The fourth-order valence-electron chi connectivity index (χ4n) is 2.05. The molecule has 2 rings (SSSR count). The Morgan fingerprint density at radius 2 is 2.21 bits per heavy atom. The number of nitrogens with one attached hydrogen (secondary N) is 1. The molecule has 102 valence electrons. The number of rotatable bonds is 2. The highest BCUT2D eigenvalue weighted by molar-refractivity contribution is 9.10. The van der Waals surface area contributed by atoms with Gasteiger partial charge in [-0.2, -0.15) is 0 Å². The van der Waals surface area contributed by atoms with E-state index in [1.807, 2.05) is 6.92 Å². The highest BCUT2D eigenvalue weighted by Gasteiger charge is 2.30. The summed E-state index contributed by atoms with van der Waals surface area (Å²) in [4.78, 5) is 25.4. The first-order chi connectivity index (χ1) is 9.02. The van der Waals surface area contributed by atoms with Crippen molar-refractivity contribution in [1.29, 1.82) is 0 Å². The third kappa shape index (κ3) is 2.94. The van der Waals surface area contributed by atoms with E-state index in [4.69, 9.17) is 0 Å². The molecule has 0 saturated carbocycles. The monoisotopic (exact) mass is 328 g/mol. The molecule has 2 amide bonds. The first-order valence-corrected chi connectivity index (χ1v) is 6.88. The zero-order valence-corrected chi connectivity index (χ0v) is 12.0. The molecule has 0 radical (unpaired) electrons. The average molecular weight is 329 g/mol. The standard InChI is InChI=1S/C13H14BrFN2O2/c1-2-10-13(19)17(6-5-12(18)16-10)11-7-8(15)3-4-9(11)14/h3-4,7,10H,2,5-6H2,1H3,(H,16,18). The quantitative estimate of drug-likeness (QED) is 0.905. The number of nitrogens with zero attached hydrogens (tertiary/aromatic N) is 1. The number of anilines is 1. The molecule has 1 aliphatic rings. The van der Waals surface area contributed by atoms with Gasteiger partial charge in [0.25, 0.3) is 0 Å². The van der Waals surface area contributed by atoms with Crippen LogP contribution in [0.5, 0.6) is 0 Å². The highest BCUT2D eigenvalue weighted by Crippen LogP contribution is 2.28. The fraction of sp³-hybridized carbons (Fsp3) is 0.385. The van der Waals surface area contributed by atoms with Crippen molar-refractivity contribution < 1.29 is 14.0 Å². The highest BCUT2D eigenvalue weighted by atomic mass is 79.9. The lowest BCUT2D eigenvalue weighted by Crippen LogP contribution is -2.44. The number of benzene rings is 1. The van der Waals surface area contributed by atoms with Crippen LogP contribution in [0, 0.1) is 5.82 Å². The van der Waals surface area contributed by atoms with Gasteiger partial charge in [-0.05, 0) is 40.5 Å². The van der Waals surface area contributed by atoms with Gasteiger partial charge >= 0.3 is 0 Å². The van der Waals surface area contributed by atoms with Crippen molar-refractivity contribution in [3.05, 3.63) is 28.5 Å². The molecule has 6 heteroatoms. The van der Waals surface area contributed by atoms with Crippen molar-refractivity contribution in [2.75, 3.05) is 11.4 Å². The van der Waals surface area contributed by atoms with E-state index in [1.54, 1.807) is 6.07 Å². The third-order valence-electron chi connectivity index (χ3n) is 3.07. The molecule has 1 aromatic rings. The second-order valence-corrected chi connectivity index (χ2v) is 5.22. The number of hydrogen-bond acceptors (Lipinski definition) is 2. The Kier molecular flexibility index (Phi) is 4.19. The number of amides is 2. The maximum absolute atomic E-state index is 13.3. The van der Waals surface area contributed by atoms with E-state index in [9.17, 15) is 14.0 Å². The zero-order valence-electron chi connectivity index (χ0n) is 10.5. The lowest BCUT2D eigenvalue weighted by atomic mass is 10.2. The van der Waals surface area contributed by atoms with Crippen LogP contribution in [0.1, 0.15) is 19.8 Å². The molecule has 1 unspecified atom stereocenters. The number of halogens is 2. The second kappa shape index (κ2) is 5.69. The summed E-state index contributed by atoms with van der Waals surface area (Å²) in [6.45, 7) is 2.08. The van der Waals surface area contributed by atoms with Crippen LogP contribution in [-0.4, -0.2) is 24.4 Å². The van der Waals surface area contributed by atoms with Gasteiger partial charge in [-0.3, -0.25) is 9.59 Å². The maximum atomic E-state index is 13.3. The van der Waals surface area contributed by atoms with E-state index in [2.05, 4.69) is 21.2 Å². The van der Waals surface area contributed by atoms with Crippen LogP contribution in [0.4, 0.5) is 10.1 Å². The summed E-state index contributed by atoms with van der Waals surface area (Å²) >= 11 is 3.31. The van der Waals surface area contributed by atoms with Gasteiger partial charge in [-0.25, -0.2) is 4.39 Å². The lowest BCUT2D eigenvalue weighted by Gasteiger charge is -2.24. The van der Waals surface area contributed by atoms with Gasteiger partial charge in [0.2, 0.25) is 11.8 Å². The normalized spacial score (nSPS) is 20.2. The second-order valence-electron chi connectivity index (χ2n) is 4.36. The summed E-state index contributed by atoms with van der Waals surface area (Å²) in [5.74, 6) is -0.780. The summed E-state index contributed by atoms with van der Waals surface area (Å²) in [6.07, 6.45) is 0.721. The molecule has 4 nitrogen and oxygen atoms in total. The van der Waals surface area contributed by atoms with Gasteiger partial charge in [-0.15, -0.1) is 0 Å². The van der Waals surface area contributed by atoms with Crippen molar-refractivity contribution in [3.63, 3.8) is 0 Å². The average Bonchev–Trinajstić information content (AvgIpc) is 2.52. The minimum Gasteiger partial charge on any atom is -0.344 e. The number of hydrogen-bond donors (Lipinski definition) is 1. The number of carbonyl (C=O) groups is 2. The van der Waals surface area contributed by atoms with Crippen LogP contribution in [0.2, 0.25) is 0 Å². The van der Waals surface area contributed by atoms with Gasteiger partial charge < -0.3 is 10.2 Å². The Morgan fingerprint density at radius 3 is 2.89 bits per heavy atom. The van der Waals surface area contributed by atoms with Crippen molar-refractivity contribution in [2.24, 2.45) is 0 Å². The largest absolute Gasteiger partial charge is 0.344 e. The van der Waals surface area contributed by atoms with E-state index in [0.29, 0.717) is 16.6 Å². The van der Waals surface area contributed by atoms with Crippen LogP contribution in [0.15, 0.2) is 22.7 Å². The molecule has 19 heavy (non-hydrogen) atoms. The predicted molar refractivity (Wildman–Crippen MR) is 73.3 cm³/mol. The Labute approximate surface area is 119 Å². The van der Waals surface area contributed by atoms with Crippen molar-refractivity contribution in [2.45, 2.75) is 25.8 Å². The molecule has 1 saturated heterocycles. The van der Waals surface area contributed by atoms with Crippen molar-refractivity contribution in [3.8, 4) is 0 Å². The third-order valence-corrected chi connectivity index (χ3v) is 3.74. The molecule has 1 aromatic carbocycles. The van der Waals surface area contributed by atoms with Crippen LogP contribution >= 0.6 is 15.9 Å². The fourth-order valence-corrected chi connectivity index (χ4v) is 2.51. The summed E-state index contributed by atoms with van der Waals surface area (Å²) in [6, 6.07) is 3.62. The van der Waals surface area contributed by atoms with E-state index in [-0.39, 0.29) is 24.8 Å². The molecule has 0 aliphatic carbocycles. The van der Waals surface area contributed by atoms with E-state index in [1.165, 1.54) is 17.0 Å². The molecule has 1 aliphatic heterocycles. The van der Waals surface area contributed by atoms with E-state index < -0.39 is 11.9 Å². The van der Waals surface area contributed by atoms with Gasteiger partial charge in [0.05, 0.1) is 5.69 Å². The molecule has 1 N–H and O–H groups in total. The lowest BCUT2D eigenvalue weighted by molar-refractivity contribution is -0.125. The minimum atomic E-state index is -0.551. The summed E-state index contributed by atoms with van der Waals surface area (Å²) in [5, 5.41) is 2.67. The van der Waals surface area contributed by atoms with E-state index in [0.717, 1.165) is 0 Å². The minimum absolute atomic E-state index is 0.157. The zero-order chi connectivity index (χ0) is 14.0. The summed E-state index contributed by atoms with van der Waals surface area (Å²) in [7, 11) is 0. The smallest absolute Gasteiger partial charge is 0.249 e. The number of carbonyl (C=O) groups excluding carboxylic acids is 2. The first-order valence-electron chi connectivity index (χ1n) is 6.08. The summed E-state index contributed by atoms with van der Waals surface area (Å²) < 4.78 is 14.0. The summed E-state index contributed by atoms with van der Waals surface area (Å²) in [5.41, 5.74) is 0.458. The molecular formula is C13H14BrFN2O2. The van der Waals surface area contributed by atoms with E-state index >= 15 is 0 Å². The SMILES string of the molecule is CCC1NC(=O)CCN(c2cc(F)ccc2Br)C1=O. The molecule has 1 atom stereocenters. The molecule has 0 aromatic heterocycles. The van der Waals surface area contributed by atoms with Gasteiger partial charge in [-0.1, -0.05) is 6.92 Å². The van der Waals surface area contributed by atoms with Gasteiger partial charge in [0, 0.05) is 17.4 Å². The maximum Gasteiger partial charge on any atom is 0.249 e. The van der Waals surface area contributed by atoms with Crippen LogP contribution in [-0.2, 0) is 9.59 Å². The molecule has 1 heterocycles. The van der Waals surface area contributed by atoms with Gasteiger partial charge in [0.15, 0.2) is 0 Å². The molecular weight excluding hydrogens is 315 g/mol. The first kappa shape index (κ1) is 14.0. The Hall–Kier alpha value is -1.43. The van der Waals surface area contributed by atoms with Crippen molar-refractivity contribution in [1.82, 2.24) is 5.32 Å². The molecule has 0 bridgehead atoms. The van der Waals surface area contributed by atoms with Crippen LogP contribution in [0.3, 0.4) is 0 Å². The molecule has 0 spiro atoms. The van der Waals surface area contributed by atoms with Crippen molar-refractivity contribution >= 4 is 33.4 Å². The van der Waals surface area contributed by atoms with Crippen LogP contribution in [0.25, 0.3) is 0 Å².